The van der Waals surface area contributed by atoms with Gasteiger partial charge in [-0.15, -0.1) is 0 Å². The number of amides is 1. The van der Waals surface area contributed by atoms with Gasteiger partial charge in [-0.1, -0.05) is 26.2 Å². The smallest absolute Gasteiger partial charge is 0.329 e. The summed E-state index contributed by atoms with van der Waals surface area (Å²) in [5.74, 6) is -0.649. The Balaban J connectivity index is 4.01. The van der Waals surface area contributed by atoms with E-state index in [1.54, 1.807) is 0 Å². The van der Waals surface area contributed by atoms with Crippen molar-refractivity contribution < 1.29 is 14.3 Å². The van der Waals surface area contributed by atoms with E-state index in [0.717, 1.165) is 6.42 Å². The number of rotatable bonds is 9. The summed E-state index contributed by atoms with van der Waals surface area (Å²) in [4.78, 5) is 22.4. The van der Waals surface area contributed by atoms with Crippen LogP contribution in [0.4, 0.5) is 0 Å². The van der Waals surface area contributed by atoms with E-state index in [2.05, 4.69) is 29.2 Å². The van der Waals surface area contributed by atoms with E-state index in [1.807, 2.05) is 0 Å². The molecular formula is C13H26N2O3. The molecule has 0 aliphatic carbocycles. The van der Waals surface area contributed by atoms with Crippen LogP contribution in [-0.4, -0.2) is 37.6 Å². The fourth-order valence-electron chi connectivity index (χ4n) is 1.70. The van der Waals surface area contributed by atoms with Gasteiger partial charge >= 0.3 is 5.97 Å². The summed E-state index contributed by atoms with van der Waals surface area (Å²) < 4.78 is 4.65. The van der Waals surface area contributed by atoms with E-state index in [4.69, 9.17) is 0 Å². The lowest BCUT2D eigenvalue weighted by Crippen LogP contribution is -2.48. The monoisotopic (exact) mass is 258 g/mol. The van der Waals surface area contributed by atoms with Crippen molar-refractivity contribution >= 4 is 11.9 Å². The second-order valence-corrected chi connectivity index (χ2v) is 4.58. The van der Waals surface area contributed by atoms with Crippen molar-refractivity contribution in [3.8, 4) is 0 Å². The molecule has 5 nitrogen and oxygen atoms in total. The Kier molecular flexibility index (Phi) is 9.28. The molecule has 0 saturated carbocycles. The second-order valence-electron chi connectivity index (χ2n) is 4.58. The van der Waals surface area contributed by atoms with E-state index in [1.165, 1.54) is 33.3 Å². The van der Waals surface area contributed by atoms with Crippen molar-refractivity contribution in [2.24, 2.45) is 0 Å². The average molecular weight is 258 g/mol. The first kappa shape index (κ1) is 16.9. The third-order valence-electron chi connectivity index (χ3n) is 2.77. The maximum atomic E-state index is 11.4. The minimum atomic E-state index is -0.610. The minimum Gasteiger partial charge on any atom is -0.467 e. The Morgan fingerprint density at radius 3 is 2.44 bits per heavy atom. The molecule has 0 heterocycles. The van der Waals surface area contributed by atoms with Gasteiger partial charge in [-0.2, -0.15) is 0 Å². The van der Waals surface area contributed by atoms with Crippen LogP contribution in [0.15, 0.2) is 0 Å². The number of hydrogen-bond donors (Lipinski definition) is 2. The zero-order valence-corrected chi connectivity index (χ0v) is 11.9. The molecule has 0 radical (unpaired) electrons. The Labute approximate surface area is 110 Å². The summed E-state index contributed by atoms with van der Waals surface area (Å²) in [6, 6.07) is -0.279. The van der Waals surface area contributed by atoms with Crippen molar-refractivity contribution in [1.29, 1.82) is 0 Å². The van der Waals surface area contributed by atoms with Gasteiger partial charge in [0.25, 0.3) is 0 Å². The highest BCUT2D eigenvalue weighted by Gasteiger charge is 2.20. The first-order valence-electron chi connectivity index (χ1n) is 6.59. The summed E-state index contributed by atoms with van der Waals surface area (Å²) in [6.07, 6.45) is 4.66. The van der Waals surface area contributed by atoms with Gasteiger partial charge in [-0.3, -0.25) is 4.79 Å². The van der Waals surface area contributed by atoms with E-state index >= 15 is 0 Å². The van der Waals surface area contributed by atoms with E-state index in [9.17, 15) is 9.59 Å². The van der Waals surface area contributed by atoms with Crippen LogP contribution >= 0.6 is 0 Å². The number of carbonyl (C=O) groups is 2. The SMILES string of the molecule is CCCCCC(C)NCC(NC(C)=O)C(=O)OC. The predicted octanol–water partition coefficient (Wildman–Crippen LogP) is 1.22. The molecule has 2 atom stereocenters. The van der Waals surface area contributed by atoms with Crippen molar-refractivity contribution in [2.75, 3.05) is 13.7 Å². The highest BCUT2D eigenvalue weighted by molar-refractivity contribution is 5.83. The second kappa shape index (κ2) is 9.88. The molecule has 0 aromatic carbocycles. The summed E-state index contributed by atoms with van der Waals surface area (Å²) in [5, 5.41) is 5.82. The molecule has 0 aliphatic heterocycles. The number of esters is 1. The van der Waals surface area contributed by atoms with Crippen LogP contribution in [0.3, 0.4) is 0 Å². The Morgan fingerprint density at radius 2 is 1.94 bits per heavy atom. The molecule has 0 aromatic rings. The number of unbranched alkanes of at least 4 members (excludes halogenated alkanes) is 2. The van der Waals surface area contributed by atoms with Crippen LogP contribution in [0.2, 0.25) is 0 Å². The van der Waals surface area contributed by atoms with Gasteiger partial charge in [0.15, 0.2) is 0 Å². The summed E-state index contributed by atoms with van der Waals surface area (Å²) >= 11 is 0. The molecule has 0 bridgehead atoms. The van der Waals surface area contributed by atoms with Crippen LogP contribution in [0.25, 0.3) is 0 Å². The molecule has 0 aliphatic rings. The summed E-state index contributed by atoms with van der Waals surface area (Å²) in [6.45, 7) is 6.04. The van der Waals surface area contributed by atoms with Crippen LogP contribution in [0.1, 0.15) is 46.5 Å². The molecule has 5 heteroatoms. The van der Waals surface area contributed by atoms with Gasteiger partial charge in [0.1, 0.15) is 6.04 Å². The number of nitrogens with one attached hydrogen (secondary N) is 2. The molecule has 0 saturated heterocycles. The minimum absolute atomic E-state index is 0.231. The Morgan fingerprint density at radius 1 is 1.28 bits per heavy atom. The number of carbonyl (C=O) groups excluding carboxylic acids is 2. The molecule has 0 aromatic heterocycles. The zero-order valence-electron chi connectivity index (χ0n) is 11.9. The quantitative estimate of drug-likeness (QED) is 0.482. The van der Waals surface area contributed by atoms with Gasteiger partial charge in [-0.05, 0) is 13.3 Å². The normalized spacial score (nSPS) is 13.8. The molecule has 0 spiro atoms. The van der Waals surface area contributed by atoms with Crippen LogP contribution < -0.4 is 10.6 Å². The van der Waals surface area contributed by atoms with Crippen molar-refractivity contribution in [1.82, 2.24) is 10.6 Å². The standard InChI is InChI=1S/C13H26N2O3/c1-5-6-7-8-10(2)14-9-12(13(17)18-4)15-11(3)16/h10,12,14H,5-9H2,1-4H3,(H,15,16). The lowest BCUT2D eigenvalue weighted by atomic mass is 10.1. The maximum absolute atomic E-state index is 11.4. The van der Waals surface area contributed by atoms with E-state index in [0.29, 0.717) is 12.6 Å². The van der Waals surface area contributed by atoms with E-state index < -0.39 is 12.0 Å². The lowest BCUT2D eigenvalue weighted by molar-refractivity contribution is -0.144. The highest BCUT2D eigenvalue weighted by atomic mass is 16.5. The van der Waals surface area contributed by atoms with Crippen molar-refractivity contribution in [2.45, 2.75) is 58.5 Å². The zero-order chi connectivity index (χ0) is 14.0. The van der Waals surface area contributed by atoms with Gasteiger partial charge in [0.2, 0.25) is 5.91 Å². The lowest BCUT2D eigenvalue weighted by Gasteiger charge is -2.19. The Hall–Kier alpha value is -1.10. The predicted molar refractivity (Wildman–Crippen MR) is 71.2 cm³/mol. The molecule has 2 unspecified atom stereocenters. The fraction of sp³-hybridized carbons (Fsp3) is 0.846. The van der Waals surface area contributed by atoms with Gasteiger partial charge in [0.05, 0.1) is 7.11 Å². The highest BCUT2D eigenvalue weighted by Crippen LogP contribution is 2.02. The van der Waals surface area contributed by atoms with Crippen molar-refractivity contribution in [3.05, 3.63) is 0 Å². The third-order valence-corrected chi connectivity index (χ3v) is 2.77. The molecule has 1 amide bonds. The molecule has 0 rings (SSSR count). The first-order chi connectivity index (χ1) is 8.51. The fourth-order valence-corrected chi connectivity index (χ4v) is 1.70. The van der Waals surface area contributed by atoms with Crippen LogP contribution in [-0.2, 0) is 14.3 Å². The van der Waals surface area contributed by atoms with Crippen molar-refractivity contribution in [3.63, 3.8) is 0 Å². The van der Waals surface area contributed by atoms with Gasteiger partial charge in [0, 0.05) is 19.5 Å². The largest absolute Gasteiger partial charge is 0.467 e. The molecule has 2 N–H and O–H groups in total. The first-order valence-corrected chi connectivity index (χ1v) is 6.59. The third kappa shape index (κ3) is 8.06. The topological polar surface area (TPSA) is 67.4 Å². The Bertz CT molecular complexity index is 257. The van der Waals surface area contributed by atoms with Crippen LogP contribution in [0.5, 0.6) is 0 Å². The number of ether oxygens (including phenoxy) is 1. The van der Waals surface area contributed by atoms with Gasteiger partial charge in [-0.25, -0.2) is 4.79 Å². The van der Waals surface area contributed by atoms with E-state index in [-0.39, 0.29) is 5.91 Å². The maximum Gasteiger partial charge on any atom is 0.329 e. The molecule has 106 valence electrons. The summed E-state index contributed by atoms with van der Waals surface area (Å²) in [7, 11) is 1.32. The number of methoxy groups -OCH3 is 1. The van der Waals surface area contributed by atoms with Crippen LogP contribution in [0, 0.1) is 0 Å². The van der Waals surface area contributed by atoms with Gasteiger partial charge < -0.3 is 15.4 Å². The molecule has 18 heavy (non-hydrogen) atoms. The summed E-state index contributed by atoms with van der Waals surface area (Å²) in [5.41, 5.74) is 0. The molecule has 0 fully saturated rings. The average Bonchev–Trinajstić information content (AvgIpc) is 2.33. The number of hydrogen-bond acceptors (Lipinski definition) is 4. The molecular weight excluding hydrogens is 232 g/mol.